The first-order valence-electron chi connectivity index (χ1n) is 9.13. The molecule has 2 heterocycles. The number of ether oxygens (including phenoxy) is 1. The van der Waals surface area contributed by atoms with Gasteiger partial charge in [0.05, 0.1) is 34.5 Å². The van der Waals surface area contributed by atoms with Gasteiger partial charge >= 0.3 is 0 Å². The van der Waals surface area contributed by atoms with Crippen molar-refractivity contribution < 1.29 is 13.2 Å². The number of nitrogens with two attached hydrogens (primary N) is 2. The smallest absolute Gasteiger partial charge is 0.279 e. The lowest BCUT2D eigenvalue weighted by atomic mass is 10.2. The van der Waals surface area contributed by atoms with Crippen LogP contribution in [0.4, 0.5) is 5.69 Å². The average molecular weight is 427 g/mol. The molecule has 0 aliphatic carbocycles. The summed E-state index contributed by atoms with van der Waals surface area (Å²) in [7, 11) is -0.635. The van der Waals surface area contributed by atoms with Crippen LogP contribution in [-0.4, -0.2) is 36.3 Å². The molecule has 2 aromatic carbocycles. The molecule has 4 aromatic rings. The molecule has 0 saturated heterocycles. The highest BCUT2D eigenvalue weighted by molar-refractivity contribution is 7.89. The number of hydrogen-bond acceptors (Lipinski definition) is 6. The monoisotopic (exact) mass is 427 g/mol. The van der Waals surface area contributed by atoms with Crippen molar-refractivity contribution in [1.82, 2.24) is 14.1 Å². The van der Waals surface area contributed by atoms with E-state index in [1.54, 1.807) is 35.4 Å². The second-order valence-corrected chi connectivity index (χ2v) is 8.47. The maximum Gasteiger partial charge on any atom is 0.279 e. The average Bonchev–Trinajstić information content (AvgIpc) is 3.04. The number of aryl methyl sites for hydroxylation is 1. The normalized spacial score (nSPS) is 12.1. The number of benzene rings is 2. The number of para-hydroxylation sites is 2. The van der Waals surface area contributed by atoms with Gasteiger partial charge in [-0.1, -0.05) is 12.1 Å². The van der Waals surface area contributed by atoms with E-state index in [9.17, 15) is 13.2 Å². The van der Waals surface area contributed by atoms with Crippen LogP contribution in [0.25, 0.3) is 33.3 Å². The number of anilines is 1. The second-order valence-electron chi connectivity index (χ2n) is 6.94. The van der Waals surface area contributed by atoms with E-state index in [2.05, 4.69) is 4.98 Å². The van der Waals surface area contributed by atoms with Gasteiger partial charge in [0.15, 0.2) is 5.69 Å². The first-order valence-corrected chi connectivity index (χ1v) is 10.7. The number of aromatic nitrogens is 3. The molecule has 2 aromatic heterocycles. The molecule has 0 atom stereocenters. The molecule has 0 saturated carbocycles. The third-order valence-electron chi connectivity index (χ3n) is 5.15. The molecule has 0 spiro atoms. The Hall–Kier alpha value is -3.21. The summed E-state index contributed by atoms with van der Waals surface area (Å²) in [4.78, 5) is 17.7. The van der Waals surface area contributed by atoms with E-state index in [4.69, 9.17) is 15.6 Å². The van der Waals surface area contributed by atoms with Gasteiger partial charge in [0.2, 0.25) is 10.0 Å². The van der Waals surface area contributed by atoms with Crippen LogP contribution in [0.15, 0.2) is 52.2 Å². The summed E-state index contributed by atoms with van der Waals surface area (Å²) in [5.74, 6) is 0. The highest BCUT2D eigenvalue weighted by Gasteiger charge is 2.21. The van der Waals surface area contributed by atoms with Crippen LogP contribution in [-0.2, 0) is 28.4 Å². The predicted molar refractivity (Wildman–Crippen MR) is 116 cm³/mol. The molecule has 0 aliphatic heterocycles. The Morgan fingerprint density at radius 1 is 1.13 bits per heavy atom. The van der Waals surface area contributed by atoms with E-state index in [0.717, 1.165) is 0 Å². The van der Waals surface area contributed by atoms with Crippen LogP contribution >= 0.6 is 0 Å². The highest BCUT2D eigenvalue weighted by Crippen LogP contribution is 2.32. The molecule has 0 fully saturated rings. The predicted octanol–water partition coefficient (Wildman–Crippen LogP) is 1.43. The Kier molecular flexibility index (Phi) is 4.85. The van der Waals surface area contributed by atoms with Crippen LogP contribution < -0.4 is 16.4 Å². The Balaban J connectivity index is 2.03. The second kappa shape index (κ2) is 7.24. The van der Waals surface area contributed by atoms with Crippen LogP contribution in [0, 0.1) is 0 Å². The van der Waals surface area contributed by atoms with Gasteiger partial charge in [-0.15, -0.1) is 0 Å². The lowest BCUT2D eigenvalue weighted by molar-refractivity contribution is 0.187. The number of fused-ring (bicyclic) bond motifs is 2. The highest BCUT2D eigenvalue weighted by atomic mass is 32.2. The largest absolute Gasteiger partial charge is 0.397 e. The number of methoxy groups -OCH3 is 1. The molecule has 0 bridgehead atoms. The summed E-state index contributed by atoms with van der Waals surface area (Å²) >= 11 is 0. The van der Waals surface area contributed by atoms with Gasteiger partial charge in [-0.25, -0.2) is 18.5 Å². The van der Waals surface area contributed by atoms with Crippen molar-refractivity contribution in [3.05, 3.63) is 52.8 Å². The Morgan fingerprint density at radius 3 is 2.57 bits per heavy atom. The van der Waals surface area contributed by atoms with Gasteiger partial charge in [-0.05, 0) is 30.3 Å². The maximum absolute atomic E-state index is 13.3. The third-order valence-corrected chi connectivity index (χ3v) is 6.12. The van der Waals surface area contributed by atoms with Crippen LogP contribution in [0.1, 0.15) is 0 Å². The van der Waals surface area contributed by atoms with E-state index in [1.165, 1.54) is 6.07 Å². The minimum atomic E-state index is -3.98. The Morgan fingerprint density at radius 2 is 1.87 bits per heavy atom. The zero-order valence-electron chi connectivity index (χ0n) is 16.5. The molecule has 30 heavy (non-hydrogen) atoms. The molecule has 10 heteroatoms. The van der Waals surface area contributed by atoms with Crippen molar-refractivity contribution >= 4 is 37.6 Å². The molecule has 156 valence electrons. The van der Waals surface area contributed by atoms with Crippen LogP contribution in [0.5, 0.6) is 0 Å². The van der Waals surface area contributed by atoms with Crippen molar-refractivity contribution in [2.24, 2.45) is 12.2 Å². The van der Waals surface area contributed by atoms with Gasteiger partial charge in [0, 0.05) is 26.1 Å². The van der Waals surface area contributed by atoms with E-state index in [-0.39, 0.29) is 21.8 Å². The quantitative estimate of drug-likeness (QED) is 0.463. The molecule has 0 radical (unpaired) electrons. The van der Waals surface area contributed by atoms with E-state index in [1.807, 2.05) is 24.3 Å². The maximum atomic E-state index is 13.3. The summed E-state index contributed by atoms with van der Waals surface area (Å²) in [5.41, 5.74) is 8.64. The van der Waals surface area contributed by atoms with Gasteiger partial charge in [0.1, 0.15) is 4.90 Å². The van der Waals surface area contributed by atoms with Crippen molar-refractivity contribution in [2.45, 2.75) is 11.4 Å². The topological polar surface area (TPSA) is 135 Å². The SMILES string of the molecule is COCCn1c(=O)c(-c2cc3c(N)c(S(N)(=O)=O)ccc3n2C)nc2ccccc21. The number of nitrogen functional groups attached to an aromatic ring is 1. The first kappa shape index (κ1) is 20.1. The lowest BCUT2D eigenvalue weighted by Gasteiger charge is -2.12. The van der Waals surface area contributed by atoms with Gasteiger partial charge < -0.3 is 19.6 Å². The molecule has 9 nitrogen and oxygen atoms in total. The van der Waals surface area contributed by atoms with Gasteiger partial charge in [0.25, 0.3) is 5.56 Å². The molecule has 0 amide bonds. The Bertz CT molecular complexity index is 1450. The summed E-state index contributed by atoms with van der Waals surface area (Å²) in [6.07, 6.45) is 0. The fourth-order valence-corrected chi connectivity index (χ4v) is 4.33. The molecule has 0 aliphatic rings. The van der Waals surface area contributed by atoms with Gasteiger partial charge in [-0.3, -0.25) is 4.79 Å². The number of rotatable bonds is 5. The van der Waals surface area contributed by atoms with Crippen molar-refractivity contribution in [3.63, 3.8) is 0 Å². The summed E-state index contributed by atoms with van der Waals surface area (Å²) < 4.78 is 32.2. The fraction of sp³-hybridized carbons (Fsp3) is 0.200. The molecular formula is C20H21N5O4S. The van der Waals surface area contributed by atoms with E-state index >= 15 is 0 Å². The third kappa shape index (κ3) is 3.15. The molecule has 0 unspecified atom stereocenters. The van der Waals surface area contributed by atoms with Crippen molar-refractivity contribution in [1.29, 1.82) is 0 Å². The summed E-state index contributed by atoms with van der Waals surface area (Å²) in [6, 6.07) is 12.0. The van der Waals surface area contributed by atoms with Crippen LogP contribution in [0.2, 0.25) is 0 Å². The molecule has 4 rings (SSSR count). The fourth-order valence-electron chi connectivity index (χ4n) is 3.65. The molecular weight excluding hydrogens is 406 g/mol. The standard InChI is InChI=1S/C20H21N5O4S/c1-24-14-7-8-17(30(22,27)28)18(21)12(14)11-16(24)19-20(26)25(9-10-29-2)15-6-4-3-5-13(15)23-19/h3-8,11H,9-10,21H2,1-2H3,(H2,22,27,28). The number of nitrogens with zero attached hydrogens (tertiary/aromatic N) is 3. The number of sulfonamides is 1. The Labute approximate surface area is 172 Å². The molecule has 4 N–H and O–H groups in total. The summed E-state index contributed by atoms with van der Waals surface area (Å²) in [5, 5.41) is 5.75. The zero-order chi connectivity index (χ0) is 21.6. The van der Waals surface area contributed by atoms with Crippen molar-refractivity contribution in [3.8, 4) is 11.4 Å². The minimum Gasteiger partial charge on any atom is -0.397 e. The minimum absolute atomic E-state index is 0.0392. The zero-order valence-corrected chi connectivity index (χ0v) is 17.3. The summed E-state index contributed by atoms with van der Waals surface area (Å²) in [6.45, 7) is 0.736. The lowest BCUT2D eigenvalue weighted by Crippen LogP contribution is -2.26. The van der Waals surface area contributed by atoms with Gasteiger partial charge in [-0.2, -0.15) is 0 Å². The van der Waals surface area contributed by atoms with Crippen LogP contribution in [0.3, 0.4) is 0 Å². The van der Waals surface area contributed by atoms with E-state index in [0.29, 0.717) is 40.8 Å². The van der Waals surface area contributed by atoms with E-state index < -0.39 is 10.0 Å². The number of hydrogen-bond donors (Lipinski definition) is 2. The first-order chi connectivity index (χ1) is 14.2. The number of primary sulfonamides is 1. The van der Waals surface area contributed by atoms with Crippen molar-refractivity contribution in [2.75, 3.05) is 19.5 Å².